The number of rotatable bonds is 6. The van der Waals surface area contributed by atoms with E-state index in [0.29, 0.717) is 23.8 Å². The minimum atomic E-state index is -0.450. The Morgan fingerprint density at radius 3 is 2.60 bits per heavy atom. The highest BCUT2D eigenvalue weighted by molar-refractivity contribution is 5.71. The van der Waals surface area contributed by atoms with Gasteiger partial charge in [-0.25, -0.2) is 0 Å². The largest absolute Gasteiger partial charge is 0.497 e. The van der Waals surface area contributed by atoms with Crippen LogP contribution in [-0.2, 0) is 6.61 Å². The third-order valence-corrected chi connectivity index (χ3v) is 6.17. The van der Waals surface area contributed by atoms with E-state index in [9.17, 15) is 5.26 Å². The van der Waals surface area contributed by atoms with Crippen molar-refractivity contribution in [3.8, 4) is 34.7 Å². The molecule has 0 bridgehead atoms. The number of hydrogen-bond acceptors (Lipinski definition) is 6. The van der Waals surface area contributed by atoms with Crippen LogP contribution in [0.3, 0.4) is 0 Å². The predicted molar refractivity (Wildman–Crippen MR) is 132 cm³/mol. The lowest BCUT2D eigenvalue weighted by Crippen LogP contribution is -2.21. The molecular weight excluding hydrogens is 440 g/mol. The minimum Gasteiger partial charge on any atom is -0.497 e. The summed E-state index contributed by atoms with van der Waals surface area (Å²) < 4.78 is 17.1. The van der Waals surface area contributed by atoms with Gasteiger partial charge in [0, 0.05) is 5.56 Å². The fourth-order valence-electron chi connectivity index (χ4n) is 4.27. The van der Waals surface area contributed by atoms with Crippen LogP contribution in [0.4, 0.5) is 0 Å². The second kappa shape index (κ2) is 9.27. The molecule has 174 valence electrons. The molecule has 35 heavy (non-hydrogen) atoms. The van der Waals surface area contributed by atoms with Crippen molar-refractivity contribution in [3.05, 3.63) is 107 Å². The van der Waals surface area contributed by atoms with Crippen molar-refractivity contribution < 1.29 is 14.2 Å². The van der Waals surface area contributed by atoms with E-state index < -0.39 is 5.92 Å². The molecule has 3 N–H and O–H groups in total. The summed E-state index contributed by atoms with van der Waals surface area (Å²) >= 11 is 0. The van der Waals surface area contributed by atoms with Crippen LogP contribution in [0.5, 0.6) is 17.4 Å². The number of nitrogens with two attached hydrogens (primary N) is 1. The average molecular weight is 465 g/mol. The van der Waals surface area contributed by atoms with Crippen molar-refractivity contribution in [2.24, 2.45) is 5.73 Å². The summed E-state index contributed by atoms with van der Waals surface area (Å²) in [6.45, 7) is 2.54. The first-order valence-electron chi connectivity index (χ1n) is 11.2. The molecule has 0 spiro atoms. The van der Waals surface area contributed by atoms with Crippen molar-refractivity contribution in [1.82, 2.24) is 10.2 Å². The first kappa shape index (κ1) is 22.1. The zero-order chi connectivity index (χ0) is 24.4. The summed E-state index contributed by atoms with van der Waals surface area (Å²) in [6, 6.07) is 25.7. The van der Waals surface area contributed by atoms with Crippen molar-refractivity contribution in [2.45, 2.75) is 19.4 Å². The molecular formula is C28H24N4O3. The van der Waals surface area contributed by atoms with Gasteiger partial charge in [0.25, 0.3) is 0 Å². The number of aromatic amines is 1. The monoisotopic (exact) mass is 464 g/mol. The summed E-state index contributed by atoms with van der Waals surface area (Å²) in [6.07, 6.45) is 0. The number of methoxy groups -OCH3 is 1. The first-order valence-corrected chi connectivity index (χ1v) is 11.2. The summed E-state index contributed by atoms with van der Waals surface area (Å²) in [4.78, 5) is 0. The molecule has 1 aromatic heterocycles. The summed E-state index contributed by atoms with van der Waals surface area (Å²) in [5, 5.41) is 17.3. The molecule has 5 rings (SSSR count). The quantitative estimate of drug-likeness (QED) is 0.407. The van der Waals surface area contributed by atoms with E-state index in [0.717, 1.165) is 33.7 Å². The lowest BCUT2D eigenvalue weighted by Gasteiger charge is -2.24. The number of hydrogen-bond donors (Lipinski definition) is 2. The van der Waals surface area contributed by atoms with Crippen LogP contribution in [0.2, 0.25) is 0 Å². The maximum absolute atomic E-state index is 9.95. The molecule has 1 atom stereocenters. The maximum Gasteiger partial charge on any atom is 0.244 e. The molecule has 7 heteroatoms. The van der Waals surface area contributed by atoms with Crippen molar-refractivity contribution in [3.63, 3.8) is 0 Å². The Labute approximate surface area is 203 Å². The van der Waals surface area contributed by atoms with Gasteiger partial charge in [-0.1, -0.05) is 48.5 Å². The molecule has 0 amide bonds. The highest BCUT2D eigenvalue weighted by atomic mass is 16.5. The Morgan fingerprint density at radius 1 is 1.06 bits per heavy atom. The number of nitrogens with zero attached hydrogens (tertiary/aromatic N) is 2. The molecule has 1 aliphatic heterocycles. The number of aromatic nitrogens is 2. The van der Waals surface area contributed by atoms with Crippen LogP contribution in [-0.4, -0.2) is 17.3 Å². The van der Waals surface area contributed by atoms with E-state index in [4.69, 9.17) is 19.9 Å². The lowest BCUT2D eigenvalue weighted by molar-refractivity contribution is 0.305. The molecule has 0 unspecified atom stereocenters. The second-order valence-electron chi connectivity index (χ2n) is 8.26. The average Bonchev–Trinajstić information content (AvgIpc) is 3.31. The molecule has 0 saturated carbocycles. The van der Waals surface area contributed by atoms with Crippen LogP contribution in [0, 0.1) is 18.3 Å². The van der Waals surface area contributed by atoms with Gasteiger partial charge in [-0.3, -0.25) is 5.10 Å². The normalized spacial score (nSPS) is 14.6. The van der Waals surface area contributed by atoms with Crippen LogP contribution in [0.25, 0.3) is 11.3 Å². The van der Waals surface area contributed by atoms with E-state index in [1.165, 1.54) is 5.56 Å². The second-order valence-corrected chi connectivity index (χ2v) is 8.26. The molecule has 3 aromatic carbocycles. The molecule has 0 radical (unpaired) electrons. The van der Waals surface area contributed by atoms with Gasteiger partial charge < -0.3 is 19.9 Å². The Bertz CT molecular complexity index is 1450. The van der Waals surface area contributed by atoms with Gasteiger partial charge in [0.1, 0.15) is 29.7 Å². The number of aryl methyl sites for hydroxylation is 1. The number of benzene rings is 3. The van der Waals surface area contributed by atoms with Crippen molar-refractivity contribution >= 4 is 0 Å². The minimum absolute atomic E-state index is 0.0496. The fourth-order valence-corrected chi connectivity index (χ4v) is 4.27. The maximum atomic E-state index is 9.95. The number of allylic oxidation sites excluding steroid dienone is 1. The number of fused-ring (bicyclic) bond motifs is 1. The Morgan fingerprint density at radius 2 is 1.86 bits per heavy atom. The predicted octanol–water partition coefficient (Wildman–Crippen LogP) is 5.19. The Hall–Kier alpha value is -4.70. The van der Waals surface area contributed by atoms with E-state index in [1.807, 2.05) is 60.7 Å². The van der Waals surface area contributed by atoms with Crippen molar-refractivity contribution in [1.29, 1.82) is 5.26 Å². The SMILES string of the molecule is COc1cccc(-c2[nH]nc3c2[C@@H](c2ccc(OCc4ccccc4C)cc2)C(C#N)=C(N)O3)c1. The number of H-pyrrole nitrogens is 1. The summed E-state index contributed by atoms with van der Waals surface area (Å²) in [7, 11) is 1.62. The van der Waals surface area contributed by atoms with E-state index >= 15 is 0 Å². The van der Waals surface area contributed by atoms with Crippen LogP contribution in [0.15, 0.2) is 84.3 Å². The number of nitrogens with one attached hydrogen (secondary N) is 1. The topological polar surface area (TPSA) is 106 Å². The van der Waals surface area contributed by atoms with Gasteiger partial charge in [-0.05, 0) is 47.9 Å². The molecule has 0 fully saturated rings. The zero-order valence-electron chi connectivity index (χ0n) is 19.4. The van der Waals surface area contributed by atoms with E-state index in [-0.39, 0.29) is 5.88 Å². The first-order chi connectivity index (χ1) is 17.1. The van der Waals surface area contributed by atoms with Gasteiger partial charge in [-0.15, -0.1) is 5.10 Å². The van der Waals surface area contributed by atoms with Gasteiger partial charge >= 0.3 is 0 Å². The molecule has 7 nitrogen and oxygen atoms in total. The smallest absolute Gasteiger partial charge is 0.244 e. The molecule has 0 aliphatic carbocycles. The van der Waals surface area contributed by atoms with Crippen LogP contribution in [0.1, 0.15) is 28.2 Å². The van der Waals surface area contributed by atoms with Gasteiger partial charge in [-0.2, -0.15) is 5.26 Å². The van der Waals surface area contributed by atoms with Gasteiger partial charge in [0.15, 0.2) is 0 Å². The molecule has 2 heterocycles. The standard InChI is InChI=1S/C28H24N4O3/c1-17-6-3-4-7-20(17)16-34-21-12-10-18(11-13-21)24-23(15-29)27(30)35-28-25(24)26(31-32-28)19-8-5-9-22(14-19)33-2/h3-14,24H,16,30H2,1-2H3,(H,31,32)/t24-/m0/s1. The molecule has 0 saturated heterocycles. The Balaban J connectivity index is 1.50. The van der Waals surface area contributed by atoms with Gasteiger partial charge in [0.2, 0.25) is 11.8 Å². The highest BCUT2D eigenvalue weighted by Crippen LogP contribution is 2.46. The zero-order valence-corrected chi connectivity index (χ0v) is 19.4. The number of ether oxygens (including phenoxy) is 3. The van der Waals surface area contributed by atoms with E-state index in [2.05, 4.69) is 35.3 Å². The molecule has 4 aromatic rings. The molecule has 1 aliphatic rings. The summed E-state index contributed by atoms with van der Waals surface area (Å²) in [5.74, 6) is 1.40. The number of nitriles is 1. The highest BCUT2D eigenvalue weighted by Gasteiger charge is 2.35. The van der Waals surface area contributed by atoms with Crippen LogP contribution < -0.4 is 19.9 Å². The van der Waals surface area contributed by atoms with Crippen molar-refractivity contribution in [2.75, 3.05) is 7.11 Å². The lowest BCUT2D eigenvalue weighted by atomic mass is 9.83. The third-order valence-electron chi connectivity index (χ3n) is 6.17. The van der Waals surface area contributed by atoms with E-state index in [1.54, 1.807) is 7.11 Å². The van der Waals surface area contributed by atoms with Gasteiger partial charge in [0.05, 0.1) is 24.3 Å². The summed E-state index contributed by atoms with van der Waals surface area (Å²) in [5.41, 5.74) is 12.0. The Kier molecular flexibility index (Phi) is 5.86. The fraction of sp³-hybridized carbons (Fsp3) is 0.143. The van der Waals surface area contributed by atoms with Crippen LogP contribution >= 0.6 is 0 Å². The third kappa shape index (κ3) is 4.18.